The lowest BCUT2D eigenvalue weighted by Crippen LogP contribution is -3.00. The molecule has 6 nitrogen and oxygen atoms in total. The van der Waals surface area contributed by atoms with Gasteiger partial charge in [0, 0.05) is 41.7 Å². The number of carbonyl (C=O) groups is 2. The average molecular weight is 638 g/mol. The molecule has 1 amide bonds. The molecule has 196 valence electrons. The number of carbonyl (C=O) groups excluding carboxylic acids is 2. The predicted molar refractivity (Wildman–Crippen MR) is 148 cm³/mol. The summed E-state index contributed by atoms with van der Waals surface area (Å²) in [5, 5.41) is 0. The number of benzene rings is 3. The highest BCUT2D eigenvalue weighted by atomic mass is 79.9. The Morgan fingerprint density at radius 3 is 2.47 bits per heavy atom. The van der Waals surface area contributed by atoms with Crippen LogP contribution in [0.25, 0.3) is 11.0 Å². The van der Waals surface area contributed by atoms with Crippen molar-refractivity contribution in [2.75, 3.05) is 18.5 Å². The van der Waals surface area contributed by atoms with E-state index in [4.69, 9.17) is 0 Å². The van der Waals surface area contributed by atoms with Crippen LogP contribution >= 0.6 is 15.9 Å². The van der Waals surface area contributed by atoms with Crippen LogP contribution in [0.2, 0.25) is 0 Å². The molecule has 2 aliphatic heterocycles. The molecule has 1 saturated heterocycles. The number of halogens is 2. The van der Waals surface area contributed by atoms with Crippen LogP contribution in [0.5, 0.6) is 0 Å². The smallest absolute Gasteiger partial charge is 0.266 e. The first-order chi connectivity index (χ1) is 17.8. The van der Waals surface area contributed by atoms with Gasteiger partial charge in [0.2, 0.25) is 5.78 Å². The van der Waals surface area contributed by atoms with Crippen molar-refractivity contribution in [1.29, 1.82) is 0 Å². The molecule has 2 atom stereocenters. The first kappa shape index (κ1) is 26.6. The van der Waals surface area contributed by atoms with E-state index in [-0.39, 0.29) is 53.3 Å². The van der Waals surface area contributed by atoms with Gasteiger partial charge in [0.15, 0.2) is 24.1 Å². The minimum atomic E-state index is -0.0776. The number of likely N-dealkylation sites (tertiary alicyclic amines) is 1. The Labute approximate surface area is 241 Å². The van der Waals surface area contributed by atoms with Crippen molar-refractivity contribution in [2.24, 2.45) is 0 Å². The predicted octanol–water partition coefficient (Wildman–Crippen LogP) is 1.85. The van der Waals surface area contributed by atoms with Gasteiger partial charge in [-0.2, -0.15) is 0 Å². The number of hydrogen-bond donors (Lipinski definition) is 0. The van der Waals surface area contributed by atoms with E-state index >= 15 is 0 Å². The van der Waals surface area contributed by atoms with Gasteiger partial charge in [0.25, 0.3) is 11.7 Å². The van der Waals surface area contributed by atoms with Crippen LogP contribution < -0.4 is 26.4 Å². The molecular weight excluding hydrogens is 608 g/mol. The van der Waals surface area contributed by atoms with Crippen molar-refractivity contribution >= 4 is 44.3 Å². The van der Waals surface area contributed by atoms with E-state index in [0.29, 0.717) is 5.56 Å². The van der Waals surface area contributed by atoms with E-state index < -0.39 is 0 Å². The van der Waals surface area contributed by atoms with Crippen LogP contribution in [0.1, 0.15) is 35.1 Å². The Morgan fingerprint density at radius 2 is 1.71 bits per heavy atom. The SMILES string of the molecule is Cc1n(CC(=O)N2CCC3(C)c4ccccc4N(C)C23)c2ccccc2[n+]1CC(=O)c1ccc(Br)cc1.[Br-]. The number of aromatic nitrogens is 2. The fraction of sp³-hybridized carbons (Fsp3) is 0.300. The van der Waals surface area contributed by atoms with E-state index in [2.05, 4.69) is 63.6 Å². The standard InChI is InChI=1S/C30H30BrN4O2.BrH/c1-20-34(18-27(36)21-12-14-22(31)15-13-21)25-10-6-7-11-26(25)35(20)19-28(37)33-17-16-30(2)23-8-4-5-9-24(23)32(3)29(30)33;/h4-15,29H,16-19H2,1-3H3;1H/q+1;/p-1. The van der Waals surface area contributed by atoms with Crippen LogP contribution in [0.4, 0.5) is 5.69 Å². The van der Waals surface area contributed by atoms with E-state index in [1.165, 1.54) is 11.3 Å². The van der Waals surface area contributed by atoms with Crippen molar-refractivity contribution in [3.63, 3.8) is 0 Å². The fourth-order valence-electron chi connectivity index (χ4n) is 6.43. The Hall–Kier alpha value is -2.97. The lowest BCUT2D eigenvalue weighted by atomic mass is 9.81. The summed E-state index contributed by atoms with van der Waals surface area (Å²) in [5.74, 6) is 1.03. The van der Waals surface area contributed by atoms with Crippen LogP contribution in [0.3, 0.4) is 0 Å². The summed E-state index contributed by atoms with van der Waals surface area (Å²) >= 11 is 3.43. The highest BCUT2D eigenvalue weighted by molar-refractivity contribution is 9.10. The Balaban J connectivity index is 0.00000294. The van der Waals surface area contributed by atoms with Gasteiger partial charge in [0.1, 0.15) is 6.17 Å². The highest BCUT2D eigenvalue weighted by Crippen LogP contribution is 2.51. The summed E-state index contributed by atoms with van der Waals surface area (Å²) in [7, 11) is 2.10. The number of Topliss-reactive ketones (excluding diaryl/α,β-unsaturated/α-hetero) is 1. The third kappa shape index (κ3) is 4.09. The normalized spacial score (nSPS) is 19.8. The monoisotopic (exact) mass is 636 g/mol. The number of fused-ring (bicyclic) bond motifs is 4. The third-order valence-corrected chi connectivity index (χ3v) is 8.86. The van der Waals surface area contributed by atoms with Crippen molar-refractivity contribution in [3.05, 3.63) is 94.2 Å². The molecule has 4 aromatic rings. The van der Waals surface area contributed by atoms with Crippen LogP contribution in [0, 0.1) is 6.92 Å². The largest absolute Gasteiger partial charge is 1.00 e. The number of ketones is 1. The molecule has 2 aliphatic rings. The second-order valence-corrected chi connectivity index (χ2v) is 11.3. The quantitative estimate of drug-likeness (QED) is 0.248. The molecule has 3 heterocycles. The molecule has 8 heteroatoms. The maximum Gasteiger partial charge on any atom is 0.266 e. The summed E-state index contributed by atoms with van der Waals surface area (Å²) in [5.41, 5.74) is 5.04. The maximum absolute atomic E-state index is 13.9. The number of amides is 1. The zero-order valence-electron chi connectivity index (χ0n) is 21.7. The van der Waals surface area contributed by atoms with Gasteiger partial charge in [-0.1, -0.05) is 65.3 Å². The number of rotatable bonds is 5. The van der Waals surface area contributed by atoms with Gasteiger partial charge >= 0.3 is 0 Å². The van der Waals surface area contributed by atoms with Gasteiger partial charge in [-0.05, 0) is 42.3 Å². The lowest BCUT2D eigenvalue weighted by Gasteiger charge is -2.34. The van der Waals surface area contributed by atoms with Gasteiger partial charge in [0.05, 0.1) is 0 Å². The molecule has 6 rings (SSSR count). The number of imidazole rings is 1. The minimum absolute atomic E-state index is 0. The van der Waals surface area contributed by atoms with Crippen LogP contribution in [-0.2, 0) is 23.3 Å². The number of para-hydroxylation sites is 3. The summed E-state index contributed by atoms with van der Waals surface area (Å²) in [6.45, 7) is 5.47. The van der Waals surface area contributed by atoms with Gasteiger partial charge in [-0.25, -0.2) is 9.13 Å². The zero-order valence-corrected chi connectivity index (χ0v) is 24.9. The topological polar surface area (TPSA) is 49.4 Å². The lowest BCUT2D eigenvalue weighted by molar-refractivity contribution is -0.664. The van der Waals surface area contributed by atoms with Crippen molar-refractivity contribution in [2.45, 2.75) is 44.9 Å². The van der Waals surface area contributed by atoms with Gasteiger partial charge in [-0.15, -0.1) is 0 Å². The second kappa shape index (κ2) is 9.97. The first-order valence-corrected chi connectivity index (χ1v) is 13.5. The highest BCUT2D eigenvalue weighted by Gasteiger charge is 2.54. The fourth-order valence-corrected chi connectivity index (χ4v) is 6.69. The Bertz CT molecular complexity index is 1550. The molecule has 0 spiro atoms. The molecule has 1 aromatic heterocycles. The van der Waals surface area contributed by atoms with E-state index in [0.717, 1.165) is 34.3 Å². The molecule has 0 bridgehead atoms. The summed E-state index contributed by atoms with van der Waals surface area (Å²) in [6, 6.07) is 24.0. The van der Waals surface area contributed by atoms with Crippen LogP contribution in [-0.4, -0.2) is 40.9 Å². The average Bonchev–Trinajstić information content (AvgIpc) is 3.47. The number of anilines is 1. The van der Waals surface area contributed by atoms with E-state index in [1.54, 1.807) is 0 Å². The van der Waals surface area contributed by atoms with Gasteiger partial charge in [-0.3, -0.25) is 9.59 Å². The molecule has 0 aliphatic carbocycles. The second-order valence-electron chi connectivity index (χ2n) is 10.4. The molecule has 38 heavy (non-hydrogen) atoms. The number of likely N-dealkylation sites (N-methyl/N-ethyl adjacent to an activating group) is 1. The first-order valence-electron chi connectivity index (χ1n) is 12.7. The minimum Gasteiger partial charge on any atom is -1.00 e. The zero-order chi connectivity index (χ0) is 25.9. The third-order valence-electron chi connectivity index (χ3n) is 8.33. The summed E-state index contributed by atoms with van der Waals surface area (Å²) in [4.78, 5) is 31.3. The van der Waals surface area contributed by atoms with E-state index in [9.17, 15) is 9.59 Å². The van der Waals surface area contributed by atoms with Crippen molar-refractivity contribution < 1.29 is 31.1 Å². The Morgan fingerprint density at radius 1 is 1.03 bits per heavy atom. The molecule has 0 radical (unpaired) electrons. The molecule has 1 fully saturated rings. The Kier molecular flexibility index (Phi) is 6.99. The van der Waals surface area contributed by atoms with Crippen molar-refractivity contribution in [3.8, 4) is 0 Å². The molecule has 0 N–H and O–H groups in total. The van der Waals surface area contributed by atoms with Crippen molar-refractivity contribution in [1.82, 2.24) is 9.47 Å². The van der Waals surface area contributed by atoms with Gasteiger partial charge < -0.3 is 26.8 Å². The molecule has 2 unspecified atom stereocenters. The molecule has 0 saturated carbocycles. The summed E-state index contributed by atoms with van der Waals surface area (Å²) < 4.78 is 5.03. The molecular formula is C30H30Br2N4O2. The number of hydrogen-bond acceptors (Lipinski definition) is 3. The van der Waals surface area contributed by atoms with E-state index in [1.807, 2.05) is 64.9 Å². The molecule has 3 aromatic carbocycles. The maximum atomic E-state index is 13.9. The number of nitrogens with zero attached hydrogens (tertiary/aromatic N) is 4. The summed E-state index contributed by atoms with van der Waals surface area (Å²) in [6.07, 6.45) is 0.948. The van der Waals surface area contributed by atoms with Crippen LogP contribution in [0.15, 0.2) is 77.3 Å².